The van der Waals surface area contributed by atoms with Crippen molar-refractivity contribution in [2.45, 2.75) is 33.2 Å². The second-order valence-electron chi connectivity index (χ2n) is 5.13. The highest BCUT2D eigenvalue weighted by atomic mass is 14.9. The van der Waals surface area contributed by atoms with Crippen LogP contribution in [0.15, 0.2) is 48.0 Å². The summed E-state index contributed by atoms with van der Waals surface area (Å²) in [5.74, 6) is 0. The van der Waals surface area contributed by atoms with Gasteiger partial charge in [-0.05, 0) is 43.1 Å². The summed E-state index contributed by atoms with van der Waals surface area (Å²) in [6.07, 6.45) is 3.47. The van der Waals surface area contributed by atoms with Gasteiger partial charge in [0.05, 0.1) is 0 Å². The first-order chi connectivity index (χ1) is 9.22. The molecular formula is C18H23N. The van der Waals surface area contributed by atoms with Crippen molar-refractivity contribution in [3.63, 3.8) is 0 Å². The minimum atomic E-state index is 0.430. The molecule has 0 aliphatic carbocycles. The molecule has 19 heavy (non-hydrogen) atoms. The summed E-state index contributed by atoms with van der Waals surface area (Å²) in [4.78, 5) is 0. The quantitative estimate of drug-likeness (QED) is 0.819. The first-order valence-corrected chi connectivity index (χ1v) is 7.11. The molecule has 100 valence electrons. The van der Waals surface area contributed by atoms with Crippen molar-refractivity contribution >= 4 is 16.8 Å². The van der Waals surface area contributed by atoms with Crippen molar-refractivity contribution < 1.29 is 0 Å². The zero-order valence-electron chi connectivity index (χ0n) is 12.1. The van der Waals surface area contributed by atoms with Crippen LogP contribution in [0.25, 0.3) is 16.8 Å². The van der Waals surface area contributed by atoms with Gasteiger partial charge in [0, 0.05) is 6.04 Å². The van der Waals surface area contributed by atoms with Gasteiger partial charge < -0.3 is 5.32 Å². The molecule has 0 aliphatic rings. The van der Waals surface area contributed by atoms with Gasteiger partial charge in [-0.25, -0.2) is 0 Å². The average molecular weight is 253 g/mol. The molecule has 2 rings (SSSR count). The molecule has 1 atom stereocenters. The molecule has 0 spiro atoms. The predicted octanol–water partition coefficient (Wildman–Crippen LogP) is 4.63. The van der Waals surface area contributed by atoms with Crippen LogP contribution < -0.4 is 5.32 Å². The number of benzene rings is 2. The van der Waals surface area contributed by atoms with Crippen molar-refractivity contribution in [3.8, 4) is 0 Å². The van der Waals surface area contributed by atoms with Gasteiger partial charge >= 0.3 is 0 Å². The third kappa shape index (κ3) is 3.45. The molecule has 1 nitrogen and oxygen atoms in total. The minimum Gasteiger partial charge on any atom is -0.311 e. The lowest BCUT2D eigenvalue weighted by atomic mass is 10.0. The summed E-state index contributed by atoms with van der Waals surface area (Å²) in [6.45, 7) is 7.70. The summed E-state index contributed by atoms with van der Waals surface area (Å²) in [5, 5.41) is 6.16. The van der Waals surface area contributed by atoms with Gasteiger partial charge in [-0.3, -0.25) is 0 Å². The van der Waals surface area contributed by atoms with Crippen molar-refractivity contribution in [2.24, 2.45) is 0 Å². The average Bonchev–Trinajstić information content (AvgIpc) is 2.45. The van der Waals surface area contributed by atoms with Crippen LogP contribution in [0.2, 0.25) is 0 Å². The molecule has 1 heteroatoms. The molecule has 1 N–H and O–H groups in total. The highest BCUT2D eigenvalue weighted by Gasteiger charge is 2.04. The molecule has 0 aliphatic heterocycles. The number of hydrogen-bond acceptors (Lipinski definition) is 1. The van der Waals surface area contributed by atoms with Crippen molar-refractivity contribution in [1.82, 2.24) is 5.32 Å². The Morgan fingerprint density at radius 1 is 1.16 bits per heavy atom. The monoisotopic (exact) mass is 253 g/mol. The number of rotatable bonds is 5. The van der Waals surface area contributed by atoms with Crippen LogP contribution in [0.1, 0.15) is 32.8 Å². The molecule has 0 aromatic heterocycles. The zero-order chi connectivity index (χ0) is 13.7. The molecule has 0 radical (unpaired) electrons. The van der Waals surface area contributed by atoms with Crippen molar-refractivity contribution in [2.75, 3.05) is 6.54 Å². The Bertz CT molecular complexity index is 563. The van der Waals surface area contributed by atoms with Gasteiger partial charge in [-0.1, -0.05) is 61.0 Å². The van der Waals surface area contributed by atoms with E-state index in [4.69, 9.17) is 0 Å². The summed E-state index contributed by atoms with van der Waals surface area (Å²) < 4.78 is 0. The Morgan fingerprint density at radius 3 is 2.68 bits per heavy atom. The smallest absolute Gasteiger partial charge is 0.0251 e. The maximum absolute atomic E-state index is 3.53. The Kier molecular flexibility index (Phi) is 4.75. The molecule has 2 aromatic carbocycles. The van der Waals surface area contributed by atoms with Crippen LogP contribution in [-0.2, 0) is 0 Å². The number of hydrogen-bond donors (Lipinski definition) is 1. The third-order valence-electron chi connectivity index (χ3n) is 3.59. The lowest BCUT2D eigenvalue weighted by molar-refractivity contribution is 0.604. The van der Waals surface area contributed by atoms with E-state index < -0.39 is 0 Å². The van der Waals surface area contributed by atoms with Crippen LogP contribution in [0, 0.1) is 0 Å². The molecule has 0 fully saturated rings. The zero-order valence-corrected chi connectivity index (χ0v) is 12.1. The molecule has 0 bridgehead atoms. The lowest BCUT2D eigenvalue weighted by Gasteiger charge is -2.14. The second kappa shape index (κ2) is 6.53. The van der Waals surface area contributed by atoms with E-state index in [0.29, 0.717) is 6.04 Å². The summed E-state index contributed by atoms with van der Waals surface area (Å²) >= 11 is 0. The van der Waals surface area contributed by atoms with Gasteiger partial charge in [0.2, 0.25) is 0 Å². The Morgan fingerprint density at radius 2 is 1.89 bits per heavy atom. The number of fused-ring (bicyclic) bond motifs is 1. The fourth-order valence-corrected chi connectivity index (χ4v) is 2.27. The van der Waals surface area contributed by atoms with E-state index in [1.165, 1.54) is 28.3 Å². The molecule has 0 amide bonds. The van der Waals surface area contributed by atoms with Crippen LogP contribution in [-0.4, -0.2) is 12.6 Å². The van der Waals surface area contributed by atoms with Crippen molar-refractivity contribution in [1.29, 1.82) is 0 Å². The van der Waals surface area contributed by atoms with Crippen LogP contribution in [0.5, 0.6) is 0 Å². The largest absolute Gasteiger partial charge is 0.311 e. The minimum absolute atomic E-state index is 0.430. The maximum atomic E-state index is 3.53. The maximum Gasteiger partial charge on any atom is 0.0251 e. The normalized spacial score (nSPS) is 13.7. The predicted molar refractivity (Wildman–Crippen MR) is 85.4 cm³/mol. The molecular weight excluding hydrogens is 230 g/mol. The molecule has 0 heterocycles. The fourth-order valence-electron chi connectivity index (χ4n) is 2.27. The topological polar surface area (TPSA) is 12.0 Å². The first kappa shape index (κ1) is 13.8. The van der Waals surface area contributed by atoms with Gasteiger partial charge in [0.15, 0.2) is 0 Å². The van der Waals surface area contributed by atoms with E-state index in [9.17, 15) is 0 Å². The molecule has 0 saturated carbocycles. The van der Waals surface area contributed by atoms with E-state index in [-0.39, 0.29) is 0 Å². The molecule has 2 aromatic rings. The summed E-state index contributed by atoms with van der Waals surface area (Å²) in [5.41, 5.74) is 2.69. The third-order valence-corrected chi connectivity index (χ3v) is 3.59. The van der Waals surface area contributed by atoms with Crippen molar-refractivity contribution in [3.05, 3.63) is 53.6 Å². The van der Waals surface area contributed by atoms with Gasteiger partial charge in [0.25, 0.3) is 0 Å². The van der Waals surface area contributed by atoms with E-state index >= 15 is 0 Å². The van der Waals surface area contributed by atoms with Crippen LogP contribution >= 0.6 is 0 Å². The first-order valence-electron chi connectivity index (χ1n) is 7.11. The van der Waals surface area contributed by atoms with Gasteiger partial charge in [-0.15, -0.1) is 0 Å². The lowest BCUT2D eigenvalue weighted by Crippen LogP contribution is -2.27. The highest BCUT2D eigenvalue weighted by Crippen LogP contribution is 2.21. The van der Waals surface area contributed by atoms with Gasteiger partial charge in [0.1, 0.15) is 0 Å². The van der Waals surface area contributed by atoms with Crippen LogP contribution in [0.3, 0.4) is 0 Å². The summed E-state index contributed by atoms with van der Waals surface area (Å²) in [7, 11) is 0. The molecule has 0 saturated heterocycles. The Hall–Kier alpha value is -1.60. The Balaban J connectivity index is 2.29. The van der Waals surface area contributed by atoms with E-state index in [1.807, 2.05) is 0 Å². The molecule has 1 unspecified atom stereocenters. The Labute approximate surface area is 116 Å². The summed E-state index contributed by atoms with van der Waals surface area (Å²) in [6, 6.07) is 15.5. The SMILES string of the molecule is CCCNC(C)/C(C)=C/c1cccc2ccccc12. The van der Waals surface area contributed by atoms with Crippen LogP contribution in [0.4, 0.5) is 0 Å². The van der Waals surface area contributed by atoms with Gasteiger partial charge in [-0.2, -0.15) is 0 Å². The van der Waals surface area contributed by atoms with E-state index in [0.717, 1.165) is 6.54 Å². The highest BCUT2D eigenvalue weighted by molar-refractivity contribution is 5.90. The fraction of sp³-hybridized carbons (Fsp3) is 0.333. The second-order valence-corrected chi connectivity index (χ2v) is 5.13. The standard InChI is InChI=1S/C18H23N/c1-4-12-19-15(3)14(2)13-17-10-7-9-16-8-5-6-11-18(16)17/h5-11,13,15,19H,4,12H2,1-3H3/b14-13+. The number of nitrogens with one attached hydrogen (secondary N) is 1. The van der Waals surface area contributed by atoms with E-state index in [1.54, 1.807) is 0 Å². The van der Waals surface area contributed by atoms with E-state index in [2.05, 4.69) is 74.6 Å².